The van der Waals surface area contributed by atoms with Crippen LogP contribution in [0.5, 0.6) is 0 Å². The van der Waals surface area contributed by atoms with Gasteiger partial charge >= 0.3 is 0 Å². The first-order valence-corrected chi connectivity index (χ1v) is 9.44. The maximum atomic E-state index is 10.1. The van der Waals surface area contributed by atoms with Crippen molar-refractivity contribution in [1.29, 1.82) is 0 Å². The highest BCUT2D eigenvalue weighted by Crippen LogP contribution is 2.28. The van der Waals surface area contributed by atoms with Crippen LogP contribution in [0.1, 0.15) is 57.8 Å². The Labute approximate surface area is 145 Å². The van der Waals surface area contributed by atoms with Gasteiger partial charge in [-0.15, -0.1) is 0 Å². The van der Waals surface area contributed by atoms with E-state index in [0.29, 0.717) is 6.61 Å². The molecule has 1 saturated carbocycles. The summed E-state index contributed by atoms with van der Waals surface area (Å²) in [5, 5.41) is 29.4. The zero-order valence-corrected chi connectivity index (χ0v) is 14.8. The molecule has 6 heteroatoms. The van der Waals surface area contributed by atoms with Gasteiger partial charge < -0.3 is 29.5 Å². The summed E-state index contributed by atoms with van der Waals surface area (Å²) in [7, 11) is 1.42. The molecule has 0 radical (unpaired) electrons. The Hall–Kier alpha value is -0.240. The van der Waals surface area contributed by atoms with Crippen molar-refractivity contribution in [3.8, 4) is 0 Å². The summed E-state index contributed by atoms with van der Waals surface area (Å²) in [6.07, 6.45) is 6.85. The maximum absolute atomic E-state index is 10.1. The average Bonchev–Trinajstić information content (AvgIpc) is 2.62. The van der Waals surface area contributed by atoms with Gasteiger partial charge in [0.1, 0.15) is 24.4 Å². The highest BCUT2D eigenvalue weighted by molar-refractivity contribution is 4.89. The highest BCUT2D eigenvalue weighted by atomic mass is 16.7. The molecule has 2 fully saturated rings. The molecule has 2 aliphatic rings. The molecule has 0 aromatic rings. The van der Waals surface area contributed by atoms with Gasteiger partial charge in [0.15, 0.2) is 6.29 Å². The van der Waals surface area contributed by atoms with Crippen LogP contribution in [0.25, 0.3) is 0 Å². The molecule has 0 aromatic carbocycles. The number of methoxy groups -OCH3 is 1. The topological polar surface area (TPSA) is 88.4 Å². The van der Waals surface area contributed by atoms with Crippen molar-refractivity contribution in [2.24, 2.45) is 5.92 Å². The minimum absolute atomic E-state index is 0.288. The highest BCUT2D eigenvalue weighted by Gasteiger charge is 2.45. The lowest BCUT2D eigenvalue weighted by molar-refractivity contribution is -0.304. The molecule has 0 spiro atoms. The number of hydrogen-bond donors (Lipinski definition) is 3. The number of hydrogen-bond acceptors (Lipinski definition) is 6. The van der Waals surface area contributed by atoms with Crippen molar-refractivity contribution < 1.29 is 29.5 Å². The lowest BCUT2D eigenvalue weighted by Crippen LogP contribution is -2.59. The number of unbranched alkanes of at least 4 members (excludes halogenated alkanes) is 2. The fourth-order valence-corrected chi connectivity index (χ4v) is 3.87. The first kappa shape index (κ1) is 20.1. The second kappa shape index (κ2) is 10.7. The Bertz CT molecular complexity index is 331. The van der Waals surface area contributed by atoms with E-state index in [4.69, 9.17) is 14.2 Å². The van der Waals surface area contributed by atoms with Crippen molar-refractivity contribution in [1.82, 2.24) is 0 Å². The minimum Gasteiger partial charge on any atom is -0.394 e. The zero-order chi connectivity index (χ0) is 17.4. The zero-order valence-electron chi connectivity index (χ0n) is 14.8. The third-order valence-corrected chi connectivity index (χ3v) is 5.36. The van der Waals surface area contributed by atoms with Crippen LogP contribution in [0.4, 0.5) is 0 Å². The minimum atomic E-state index is -1.17. The second-order valence-electron chi connectivity index (χ2n) is 7.13. The molecule has 1 saturated heterocycles. The van der Waals surface area contributed by atoms with Crippen LogP contribution >= 0.6 is 0 Å². The Kier molecular flexibility index (Phi) is 8.94. The Balaban J connectivity index is 1.60. The molecule has 1 aliphatic carbocycles. The molecule has 3 N–H and O–H groups in total. The van der Waals surface area contributed by atoms with E-state index in [1.807, 2.05) is 0 Å². The quantitative estimate of drug-likeness (QED) is 0.550. The molecule has 2 rings (SSSR count). The molecule has 142 valence electrons. The molecule has 1 aliphatic heterocycles. The summed E-state index contributed by atoms with van der Waals surface area (Å²) in [4.78, 5) is 0. The fourth-order valence-electron chi connectivity index (χ4n) is 3.87. The first-order valence-electron chi connectivity index (χ1n) is 9.44. The number of aliphatic hydroxyl groups is 3. The lowest BCUT2D eigenvalue weighted by atomic mass is 9.86. The SMILES string of the molecule is CO[C@H]1[C@H](O)[C@@H](O)[C@H](OCCCCCC2CCCCC2)O[C@@H]1CO. The van der Waals surface area contributed by atoms with Gasteiger partial charge in [-0.2, -0.15) is 0 Å². The normalized spacial score (nSPS) is 35.2. The van der Waals surface area contributed by atoms with Gasteiger partial charge in [0.05, 0.1) is 6.61 Å². The van der Waals surface area contributed by atoms with Crippen LogP contribution in [-0.4, -0.2) is 66.3 Å². The van der Waals surface area contributed by atoms with Crippen molar-refractivity contribution in [2.75, 3.05) is 20.3 Å². The van der Waals surface area contributed by atoms with Crippen molar-refractivity contribution in [2.45, 2.75) is 88.5 Å². The van der Waals surface area contributed by atoms with E-state index in [9.17, 15) is 15.3 Å². The molecule has 0 unspecified atom stereocenters. The molecule has 5 atom stereocenters. The molecule has 0 amide bonds. The first-order chi connectivity index (χ1) is 11.7. The van der Waals surface area contributed by atoms with E-state index in [0.717, 1.165) is 18.8 Å². The number of aliphatic hydroxyl groups excluding tert-OH is 3. The van der Waals surface area contributed by atoms with Crippen LogP contribution < -0.4 is 0 Å². The van der Waals surface area contributed by atoms with E-state index < -0.39 is 30.7 Å². The monoisotopic (exact) mass is 346 g/mol. The summed E-state index contributed by atoms with van der Waals surface area (Å²) in [6, 6.07) is 0. The van der Waals surface area contributed by atoms with Crippen LogP contribution in [0.15, 0.2) is 0 Å². The predicted octanol–water partition coefficient (Wildman–Crippen LogP) is 1.60. The van der Waals surface area contributed by atoms with Gasteiger partial charge in [0, 0.05) is 13.7 Å². The van der Waals surface area contributed by atoms with E-state index in [2.05, 4.69) is 0 Å². The summed E-state index contributed by atoms with van der Waals surface area (Å²) in [5.74, 6) is 0.912. The van der Waals surface area contributed by atoms with E-state index in [1.165, 1.54) is 52.1 Å². The van der Waals surface area contributed by atoms with Gasteiger partial charge in [-0.3, -0.25) is 0 Å². The Morgan fingerprint density at radius 1 is 1.00 bits per heavy atom. The standard InChI is InChI=1S/C18H34O6/c1-22-17-14(12-19)24-18(16(21)15(17)20)23-11-7-3-6-10-13-8-4-2-5-9-13/h13-21H,2-12H2,1H3/t14-,15-,16-,17-,18-/m1/s1. The fraction of sp³-hybridized carbons (Fsp3) is 1.00. The molecule has 6 nitrogen and oxygen atoms in total. The van der Waals surface area contributed by atoms with Gasteiger partial charge in [-0.1, -0.05) is 51.4 Å². The summed E-state index contributed by atoms with van der Waals surface area (Å²) < 4.78 is 16.2. The van der Waals surface area contributed by atoms with Crippen molar-refractivity contribution in [3.05, 3.63) is 0 Å². The number of ether oxygens (including phenoxy) is 3. The van der Waals surface area contributed by atoms with Gasteiger partial charge in [0.2, 0.25) is 0 Å². The molecule has 24 heavy (non-hydrogen) atoms. The van der Waals surface area contributed by atoms with Gasteiger partial charge in [-0.05, 0) is 12.3 Å². The van der Waals surface area contributed by atoms with Crippen LogP contribution in [-0.2, 0) is 14.2 Å². The largest absolute Gasteiger partial charge is 0.394 e. The van der Waals surface area contributed by atoms with E-state index >= 15 is 0 Å². The van der Waals surface area contributed by atoms with Gasteiger partial charge in [0.25, 0.3) is 0 Å². The average molecular weight is 346 g/mol. The van der Waals surface area contributed by atoms with Crippen molar-refractivity contribution in [3.63, 3.8) is 0 Å². The van der Waals surface area contributed by atoms with Crippen LogP contribution in [0.3, 0.4) is 0 Å². The molecular weight excluding hydrogens is 312 g/mol. The Morgan fingerprint density at radius 3 is 2.42 bits per heavy atom. The predicted molar refractivity (Wildman–Crippen MR) is 89.6 cm³/mol. The second-order valence-corrected chi connectivity index (χ2v) is 7.13. The molecule has 0 aromatic heterocycles. The summed E-state index contributed by atoms with van der Waals surface area (Å²) >= 11 is 0. The van der Waals surface area contributed by atoms with Crippen molar-refractivity contribution >= 4 is 0 Å². The van der Waals surface area contributed by atoms with Crippen LogP contribution in [0.2, 0.25) is 0 Å². The van der Waals surface area contributed by atoms with Gasteiger partial charge in [-0.25, -0.2) is 0 Å². The number of rotatable bonds is 9. The molecule has 1 heterocycles. The lowest BCUT2D eigenvalue weighted by Gasteiger charge is -2.41. The van der Waals surface area contributed by atoms with E-state index in [-0.39, 0.29) is 6.61 Å². The third-order valence-electron chi connectivity index (χ3n) is 5.36. The third kappa shape index (κ3) is 5.64. The Morgan fingerprint density at radius 2 is 1.75 bits per heavy atom. The summed E-state index contributed by atoms with van der Waals surface area (Å²) in [5.41, 5.74) is 0. The van der Waals surface area contributed by atoms with E-state index in [1.54, 1.807) is 0 Å². The smallest absolute Gasteiger partial charge is 0.186 e. The summed E-state index contributed by atoms with van der Waals surface area (Å²) in [6.45, 7) is 0.193. The van der Waals surface area contributed by atoms with Crippen LogP contribution in [0, 0.1) is 5.92 Å². The maximum Gasteiger partial charge on any atom is 0.186 e. The molecule has 0 bridgehead atoms. The molecular formula is C18H34O6.